The molecule has 27 heavy (non-hydrogen) atoms. The summed E-state index contributed by atoms with van der Waals surface area (Å²) in [5.74, 6) is -0.367. The van der Waals surface area contributed by atoms with Gasteiger partial charge in [0.1, 0.15) is 10.5 Å². The van der Waals surface area contributed by atoms with Crippen molar-refractivity contribution in [3.63, 3.8) is 0 Å². The lowest BCUT2D eigenvalue weighted by Crippen LogP contribution is -2.20. The van der Waals surface area contributed by atoms with Crippen LogP contribution in [0, 0.1) is 5.92 Å². The van der Waals surface area contributed by atoms with Gasteiger partial charge in [0.05, 0.1) is 21.5 Å². The maximum atomic E-state index is 13.1. The maximum Gasteiger partial charge on any atom is 0.277 e. The molecule has 0 saturated heterocycles. The average Bonchev–Trinajstić information content (AvgIpc) is 3.48. The molecule has 0 atom stereocenters. The number of aryl methyl sites for hydroxylation is 1. The zero-order valence-corrected chi connectivity index (χ0v) is 16.9. The lowest BCUT2D eigenvalue weighted by atomic mass is 10.0. The second-order valence-corrected chi connectivity index (χ2v) is 10.1. The van der Waals surface area contributed by atoms with Gasteiger partial charge in [0.15, 0.2) is 9.84 Å². The summed E-state index contributed by atoms with van der Waals surface area (Å²) in [6.07, 6.45) is 3.51. The molecule has 6 nitrogen and oxygen atoms in total. The molecule has 0 aliphatic heterocycles. The molecule has 144 valence electrons. The van der Waals surface area contributed by atoms with Crippen LogP contribution < -0.4 is 5.56 Å². The quantitative estimate of drug-likeness (QED) is 0.714. The van der Waals surface area contributed by atoms with Gasteiger partial charge in [0.2, 0.25) is 5.78 Å². The molecule has 0 radical (unpaired) electrons. The number of aromatic nitrogens is 2. The molecule has 2 aliphatic carbocycles. The van der Waals surface area contributed by atoms with Crippen molar-refractivity contribution in [3.05, 3.63) is 49.4 Å². The molecular formula is C18H18Cl2N2O4S. The van der Waals surface area contributed by atoms with E-state index in [9.17, 15) is 18.0 Å². The van der Waals surface area contributed by atoms with E-state index in [1.807, 2.05) is 0 Å². The van der Waals surface area contributed by atoms with E-state index >= 15 is 0 Å². The summed E-state index contributed by atoms with van der Waals surface area (Å²) in [5.41, 5.74) is 0.139. The summed E-state index contributed by atoms with van der Waals surface area (Å²) in [6, 6.07) is 2.74. The first kappa shape index (κ1) is 18.8. The van der Waals surface area contributed by atoms with Crippen molar-refractivity contribution in [3.8, 4) is 0 Å². The summed E-state index contributed by atoms with van der Waals surface area (Å²) >= 11 is 12.5. The molecule has 1 N–H and O–H groups in total. The van der Waals surface area contributed by atoms with Crippen molar-refractivity contribution < 1.29 is 13.2 Å². The van der Waals surface area contributed by atoms with Crippen LogP contribution in [0.3, 0.4) is 0 Å². The number of nitrogens with one attached hydrogen (secondary N) is 1. The van der Waals surface area contributed by atoms with Gasteiger partial charge < -0.3 is 0 Å². The Kier molecular flexibility index (Phi) is 4.52. The highest BCUT2D eigenvalue weighted by molar-refractivity contribution is 7.91. The summed E-state index contributed by atoms with van der Waals surface area (Å²) in [6.45, 7) is 0. The number of nitrogens with zero attached hydrogens (tertiary/aromatic N) is 1. The number of ketones is 1. The van der Waals surface area contributed by atoms with E-state index in [1.165, 1.54) is 16.8 Å². The Morgan fingerprint density at radius 1 is 1.22 bits per heavy atom. The lowest BCUT2D eigenvalue weighted by Gasteiger charge is -2.11. The fraction of sp³-hybridized carbons (Fsp3) is 0.444. The van der Waals surface area contributed by atoms with Crippen molar-refractivity contribution >= 4 is 38.8 Å². The largest absolute Gasteiger partial charge is 0.299 e. The van der Waals surface area contributed by atoms with Crippen molar-refractivity contribution in [2.24, 2.45) is 13.0 Å². The predicted octanol–water partition coefficient (Wildman–Crippen LogP) is 3.31. The second kappa shape index (κ2) is 6.50. The van der Waals surface area contributed by atoms with Crippen LogP contribution in [0.15, 0.2) is 21.8 Å². The van der Waals surface area contributed by atoms with Crippen molar-refractivity contribution in [2.45, 2.75) is 36.5 Å². The van der Waals surface area contributed by atoms with E-state index in [-0.39, 0.29) is 43.7 Å². The Labute approximate surface area is 166 Å². The van der Waals surface area contributed by atoms with E-state index in [1.54, 1.807) is 7.05 Å². The van der Waals surface area contributed by atoms with Gasteiger partial charge in [-0.25, -0.2) is 8.42 Å². The lowest BCUT2D eigenvalue weighted by molar-refractivity contribution is 0.103. The van der Waals surface area contributed by atoms with Gasteiger partial charge in [-0.2, -0.15) is 0 Å². The standard InChI is InChI=1S/C18H18Cl2N2O4S/c1-22-18(24)13(15(21-22)10-4-5-10)16(23)11-6-7-12(19)17(14(11)20)27(25,26)8-9-2-3-9/h6-7,9-10,21H,2-5,8H2,1H3. The van der Waals surface area contributed by atoms with E-state index in [4.69, 9.17) is 23.2 Å². The van der Waals surface area contributed by atoms with Crippen LogP contribution in [0.2, 0.25) is 10.0 Å². The van der Waals surface area contributed by atoms with Crippen molar-refractivity contribution in [1.82, 2.24) is 9.78 Å². The maximum absolute atomic E-state index is 13.1. The molecule has 0 spiro atoms. The zero-order chi connectivity index (χ0) is 19.5. The van der Waals surface area contributed by atoms with Crippen LogP contribution in [0.4, 0.5) is 0 Å². The van der Waals surface area contributed by atoms with Crippen LogP contribution in [0.1, 0.15) is 53.2 Å². The number of sulfone groups is 1. The molecule has 2 fully saturated rings. The summed E-state index contributed by atoms with van der Waals surface area (Å²) < 4.78 is 26.7. The van der Waals surface area contributed by atoms with Gasteiger partial charge >= 0.3 is 0 Å². The minimum absolute atomic E-state index is 0.0124. The Balaban J connectivity index is 1.83. The summed E-state index contributed by atoms with van der Waals surface area (Å²) in [7, 11) is -2.18. The van der Waals surface area contributed by atoms with Gasteiger partial charge in [-0.3, -0.25) is 19.4 Å². The van der Waals surface area contributed by atoms with Crippen molar-refractivity contribution in [2.75, 3.05) is 5.75 Å². The Morgan fingerprint density at radius 3 is 2.48 bits per heavy atom. The number of rotatable bonds is 6. The molecule has 2 aromatic rings. The minimum atomic E-state index is -3.72. The number of halogens is 2. The molecule has 4 rings (SSSR count). The molecule has 0 unspecified atom stereocenters. The molecule has 1 aromatic carbocycles. The van der Waals surface area contributed by atoms with Crippen LogP contribution in [-0.4, -0.2) is 29.7 Å². The number of H-pyrrole nitrogens is 1. The predicted molar refractivity (Wildman–Crippen MR) is 103 cm³/mol. The van der Waals surface area contributed by atoms with E-state index in [0.29, 0.717) is 5.69 Å². The molecule has 9 heteroatoms. The highest BCUT2D eigenvalue weighted by atomic mass is 35.5. The zero-order valence-electron chi connectivity index (χ0n) is 14.6. The Morgan fingerprint density at radius 2 is 1.89 bits per heavy atom. The van der Waals surface area contributed by atoms with Gasteiger partial charge in [-0.05, 0) is 43.7 Å². The number of aromatic amines is 1. The van der Waals surface area contributed by atoms with Gasteiger partial charge in [-0.15, -0.1) is 0 Å². The SMILES string of the molecule is Cn1[nH]c(C2CC2)c(C(=O)c2ccc(Cl)c(S(=O)(=O)CC3CC3)c2Cl)c1=O. The van der Waals surface area contributed by atoms with Gasteiger partial charge in [-0.1, -0.05) is 23.2 Å². The third-order valence-corrected chi connectivity index (χ3v) is 7.93. The third kappa shape index (κ3) is 3.37. The van der Waals surface area contributed by atoms with E-state index in [2.05, 4.69) is 5.10 Å². The normalized spacial score (nSPS) is 17.3. The molecule has 2 aliphatic rings. The van der Waals surface area contributed by atoms with Gasteiger partial charge in [0, 0.05) is 18.5 Å². The number of carbonyl (C=O) groups is 1. The van der Waals surface area contributed by atoms with E-state index < -0.39 is 21.2 Å². The van der Waals surface area contributed by atoms with Crippen molar-refractivity contribution in [1.29, 1.82) is 0 Å². The molecule has 1 heterocycles. The van der Waals surface area contributed by atoms with Gasteiger partial charge in [0.25, 0.3) is 5.56 Å². The second-order valence-electron chi connectivity index (χ2n) is 7.33. The Hall–Kier alpha value is -1.57. The topological polar surface area (TPSA) is 89.0 Å². The number of benzene rings is 1. The average molecular weight is 429 g/mol. The molecule has 1 aromatic heterocycles. The fourth-order valence-electron chi connectivity index (χ4n) is 3.26. The number of hydrogen-bond donors (Lipinski definition) is 1. The molecular weight excluding hydrogens is 411 g/mol. The smallest absolute Gasteiger partial charge is 0.277 e. The van der Waals surface area contributed by atoms with Crippen LogP contribution in [0.5, 0.6) is 0 Å². The highest BCUT2D eigenvalue weighted by Crippen LogP contribution is 2.42. The summed E-state index contributed by atoms with van der Waals surface area (Å²) in [5, 5.41) is 2.71. The van der Waals surface area contributed by atoms with Crippen LogP contribution in [0.25, 0.3) is 0 Å². The molecule has 0 bridgehead atoms. The highest BCUT2D eigenvalue weighted by Gasteiger charge is 2.36. The molecule has 0 amide bonds. The third-order valence-electron chi connectivity index (χ3n) is 5.05. The molecule has 2 saturated carbocycles. The minimum Gasteiger partial charge on any atom is -0.299 e. The number of carbonyl (C=O) groups excluding carboxylic acids is 1. The first-order valence-electron chi connectivity index (χ1n) is 8.75. The first-order chi connectivity index (χ1) is 12.7. The monoisotopic (exact) mass is 428 g/mol. The fourth-order valence-corrected chi connectivity index (χ4v) is 6.29. The van der Waals surface area contributed by atoms with Crippen LogP contribution >= 0.6 is 23.2 Å². The first-order valence-corrected chi connectivity index (χ1v) is 11.2. The number of hydrogen-bond acceptors (Lipinski definition) is 4. The van der Waals surface area contributed by atoms with E-state index in [0.717, 1.165) is 25.7 Å². The Bertz CT molecular complexity index is 1110. The summed E-state index contributed by atoms with van der Waals surface area (Å²) in [4.78, 5) is 25.4. The van der Waals surface area contributed by atoms with Crippen LogP contribution in [-0.2, 0) is 16.9 Å².